The smallest absolute Gasteiger partial charge is 0.259 e. The van der Waals surface area contributed by atoms with Crippen LogP contribution in [0, 0.1) is 0 Å². The van der Waals surface area contributed by atoms with Crippen molar-refractivity contribution in [1.29, 1.82) is 0 Å². The molecule has 1 aromatic heterocycles. The molecule has 1 heterocycles. The molecule has 0 aliphatic heterocycles. The Morgan fingerprint density at radius 1 is 1.32 bits per heavy atom. The summed E-state index contributed by atoms with van der Waals surface area (Å²) in [5.74, 6) is 0.323. The van der Waals surface area contributed by atoms with Gasteiger partial charge in [0.2, 0.25) is 0 Å². The molecule has 0 saturated heterocycles. The lowest BCUT2D eigenvalue weighted by Gasteiger charge is -2.04. The first-order chi connectivity index (χ1) is 9.24. The molecular weight excluding hydrogens is 266 g/mol. The quantitative estimate of drug-likeness (QED) is 0.652. The van der Waals surface area contributed by atoms with Crippen molar-refractivity contribution < 1.29 is 9.21 Å². The van der Waals surface area contributed by atoms with Gasteiger partial charge >= 0.3 is 0 Å². The summed E-state index contributed by atoms with van der Waals surface area (Å²) in [4.78, 5) is 11.5. The van der Waals surface area contributed by atoms with E-state index in [-0.39, 0.29) is 12.5 Å². The monoisotopic (exact) mass is 277 g/mol. The van der Waals surface area contributed by atoms with Crippen LogP contribution in [-0.2, 0) is 4.79 Å². The van der Waals surface area contributed by atoms with Gasteiger partial charge in [-0.2, -0.15) is 5.10 Å². The Bertz CT molecular complexity index is 550. The molecule has 6 heteroatoms. The number of rotatable bonds is 5. The van der Waals surface area contributed by atoms with Crippen LogP contribution in [0.3, 0.4) is 0 Å². The maximum atomic E-state index is 11.5. The van der Waals surface area contributed by atoms with E-state index in [0.717, 1.165) is 5.69 Å². The highest BCUT2D eigenvalue weighted by Crippen LogP contribution is 2.12. The zero-order valence-corrected chi connectivity index (χ0v) is 10.7. The van der Waals surface area contributed by atoms with E-state index >= 15 is 0 Å². The van der Waals surface area contributed by atoms with Crippen molar-refractivity contribution in [3.8, 4) is 0 Å². The molecule has 0 aliphatic carbocycles. The van der Waals surface area contributed by atoms with Gasteiger partial charge in [0.1, 0.15) is 5.76 Å². The molecule has 0 aliphatic rings. The Balaban J connectivity index is 1.74. The van der Waals surface area contributed by atoms with E-state index in [1.165, 1.54) is 12.5 Å². The number of nitrogens with zero attached hydrogens (tertiary/aromatic N) is 1. The summed E-state index contributed by atoms with van der Waals surface area (Å²) in [6, 6.07) is 10.6. The van der Waals surface area contributed by atoms with E-state index in [9.17, 15) is 4.79 Å². The second-order valence-corrected chi connectivity index (χ2v) is 4.11. The molecule has 0 unspecified atom stereocenters. The van der Waals surface area contributed by atoms with Gasteiger partial charge in [-0.3, -0.25) is 4.79 Å². The van der Waals surface area contributed by atoms with E-state index in [0.29, 0.717) is 10.8 Å². The third-order valence-corrected chi connectivity index (χ3v) is 2.47. The van der Waals surface area contributed by atoms with Crippen molar-refractivity contribution in [3.05, 3.63) is 53.4 Å². The second kappa shape index (κ2) is 6.61. The maximum absolute atomic E-state index is 11.5. The molecule has 1 amide bonds. The van der Waals surface area contributed by atoms with Crippen LogP contribution >= 0.6 is 11.6 Å². The summed E-state index contributed by atoms with van der Waals surface area (Å²) in [5.41, 5.74) is 3.20. The van der Waals surface area contributed by atoms with Gasteiger partial charge in [0.15, 0.2) is 0 Å². The minimum atomic E-state index is -0.252. The Morgan fingerprint density at radius 3 is 2.79 bits per heavy atom. The summed E-state index contributed by atoms with van der Waals surface area (Å²) < 4.78 is 5.03. The standard InChI is InChI=1S/C13H12ClN3O2/c14-10-3-5-11(6-4-10)15-9-13(18)17-16-8-12-2-1-7-19-12/h1-8,15H,9H2,(H,17,18)/b16-8-. The van der Waals surface area contributed by atoms with Gasteiger partial charge in [-0.1, -0.05) is 11.6 Å². The van der Waals surface area contributed by atoms with E-state index in [1.807, 2.05) is 0 Å². The number of anilines is 1. The number of hydrogen-bond donors (Lipinski definition) is 2. The number of carbonyl (C=O) groups is 1. The van der Waals surface area contributed by atoms with Crippen LogP contribution in [0.1, 0.15) is 5.76 Å². The predicted octanol–water partition coefficient (Wildman–Crippen LogP) is 2.50. The van der Waals surface area contributed by atoms with Crippen molar-refractivity contribution in [2.45, 2.75) is 0 Å². The fourth-order valence-electron chi connectivity index (χ4n) is 1.32. The van der Waals surface area contributed by atoms with Gasteiger partial charge in [-0.25, -0.2) is 5.43 Å². The average molecular weight is 278 g/mol. The van der Waals surface area contributed by atoms with Crippen LogP contribution in [0.25, 0.3) is 0 Å². The van der Waals surface area contributed by atoms with Gasteiger partial charge in [0.05, 0.1) is 19.0 Å². The zero-order chi connectivity index (χ0) is 13.5. The highest BCUT2D eigenvalue weighted by atomic mass is 35.5. The van der Waals surface area contributed by atoms with Crippen LogP contribution in [0.5, 0.6) is 0 Å². The number of furan rings is 1. The van der Waals surface area contributed by atoms with Crippen LogP contribution in [0.2, 0.25) is 5.02 Å². The highest BCUT2D eigenvalue weighted by molar-refractivity contribution is 6.30. The molecule has 1 aromatic carbocycles. The lowest BCUT2D eigenvalue weighted by Crippen LogP contribution is -2.25. The van der Waals surface area contributed by atoms with Gasteiger partial charge < -0.3 is 9.73 Å². The zero-order valence-electron chi connectivity index (χ0n) is 9.97. The Morgan fingerprint density at radius 2 is 2.11 bits per heavy atom. The van der Waals surface area contributed by atoms with E-state index in [2.05, 4.69) is 15.8 Å². The van der Waals surface area contributed by atoms with Crippen molar-refractivity contribution in [1.82, 2.24) is 5.43 Å². The molecule has 98 valence electrons. The van der Waals surface area contributed by atoms with Crippen LogP contribution < -0.4 is 10.7 Å². The first-order valence-corrected chi connectivity index (χ1v) is 5.97. The normalized spacial score (nSPS) is 10.6. The summed E-state index contributed by atoms with van der Waals surface area (Å²) in [5, 5.41) is 7.36. The van der Waals surface area contributed by atoms with Crippen molar-refractivity contribution in [2.24, 2.45) is 5.10 Å². The SMILES string of the molecule is O=C(CNc1ccc(Cl)cc1)N/N=C\c1ccco1. The van der Waals surface area contributed by atoms with E-state index < -0.39 is 0 Å². The molecule has 2 aromatic rings. The first-order valence-electron chi connectivity index (χ1n) is 5.59. The van der Waals surface area contributed by atoms with Gasteiger partial charge in [-0.05, 0) is 36.4 Å². The molecule has 0 radical (unpaired) electrons. The number of benzene rings is 1. The third-order valence-electron chi connectivity index (χ3n) is 2.22. The highest BCUT2D eigenvalue weighted by Gasteiger charge is 1.99. The topological polar surface area (TPSA) is 66.6 Å². The maximum Gasteiger partial charge on any atom is 0.259 e. The van der Waals surface area contributed by atoms with Crippen molar-refractivity contribution >= 4 is 29.4 Å². The van der Waals surface area contributed by atoms with Gasteiger partial charge in [-0.15, -0.1) is 0 Å². The number of hydrazone groups is 1. The molecule has 0 saturated carbocycles. The summed E-state index contributed by atoms with van der Waals surface area (Å²) in [6.07, 6.45) is 2.96. The fourth-order valence-corrected chi connectivity index (χ4v) is 1.45. The Hall–Kier alpha value is -2.27. The molecule has 19 heavy (non-hydrogen) atoms. The number of hydrogen-bond acceptors (Lipinski definition) is 4. The first kappa shape index (κ1) is 13.2. The molecule has 0 bridgehead atoms. The number of nitrogens with one attached hydrogen (secondary N) is 2. The predicted molar refractivity (Wildman–Crippen MR) is 74.4 cm³/mol. The molecule has 0 fully saturated rings. The number of carbonyl (C=O) groups excluding carboxylic acids is 1. The van der Waals surface area contributed by atoms with Gasteiger partial charge in [0, 0.05) is 10.7 Å². The molecule has 0 spiro atoms. The Kier molecular flexibility index (Phi) is 4.58. The summed E-state index contributed by atoms with van der Waals surface area (Å²) in [6.45, 7) is 0.122. The van der Waals surface area contributed by atoms with E-state index in [4.69, 9.17) is 16.0 Å². The number of halogens is 1. The average Bonchev–Trinajstić information content (AvgIpc) is 2.91. The second-order valence-electron chi connectivity index (χ2n) is 3.67. The summed E-state index contributed by atoms with van der Waals surface area (Å²) >= 11 is 5.76. The fraction of sp³-hybridized carbons (Fsp3) is 0.0769. The van der Waals surface area contributed by atoms with E-state index in [1.54, 1.807) is 36.4 Å². The minimum absolute atomic E-state index is 0.122. The lowest BCUT2D eigenvalue weighted by atomic mass is 10.3. The number of amides is 1. The molecule has 2 rings (SSSR count). The Labute approximate surface area is 115 Å². The molecule has 0 atom stereocenters. The van der Waals surface area contributed by atoms with Crippen LogP contribution in [0.15, 0.2) is 52.2 Å². The largest absolute Gasteiger partial charge is 0.463 e. The van der Waals surface area contributed by atoms with Crippen molar-refractivity contribution in [3.63, 3.8) is 0 Å². The summed E-state index contributed by atoms with van der Waals surface area (Å²) in [7, 11) is 0. The van der Waals surface area contributed by atoms with Crippen LogP contribution in [-0.4, -0.2) is 18.7 Å². The third kappa shape index (κ3) is 4.48. The lowest BCUT2D eigenvalue weighted by molar-refractivity contribution is -0.119. The molecule has 5 nitrogen and oxygen atoms in total. The molecular formula is C13H12ClN3O2. The van der Waals surface area contributed by atoms with Crippen molar-refractivity contribution in [2.75, 3.05) is 11.9 Å². The minimum Gasteiger partial charge on any atom is -0.463 e. The van der Waals surface area contributed by atoms with Gasteiger partial charge in [0.25, 0.3) is 5.91 Å². The molecule has 2 N–H and O–H groups in total. The van der Waals surface area contributed by atoms with Crippen LogP contribution in [0.4, 0.5) is 5.69 Å².